The molecule has 0 amide bonds. The van der Waals surface area contributed by atoms with E-state index in [1.54, 1.807) is 0 Å². The highest BCUT2D eigenvalue weighted by Gasteiger charge is 2.31. The molecule has 1 aliphatic carbocycles. The van der Waals surface area contributed by atoms with Crippen LogP contribution in [0.5, 0.6) is 0 Å². The van der Waals surface area contributed by atoms with Crippen LogP contribution in [0.2, 0.25) is 0 Å². The largest absolute Gasteiger partial charge is 0.345 e. The van der Waals surface area contributed by atoms with Gasteiger partial charge in [-0.1, -0.05) is 27.2 Å². The Morgan fingerprint density at radius 1 is 1.42 bits per heavy atom. The second-order valence-corrected chi connectivity index (χ2v) is 6.99. The summed E-state index contributed by atoms with van der Waals surface area (Å²) < 4.78 is 0. The lowest BCUT2D eigenvalue weighted by atomic mass is 10.2. The summed E-state index contributed by atoms with van der Waals surface area (Å²) in [5.41, 5.74) is 1.31. The topological polar surface area (TPSA) is 28.2 Å². The first-order chi connectivity index (χ1) is 9.15. The molecule has 2 rings (SSSR count). The molecular formula is C15H27N3S. The van der Waals surface area contributed by atoms with Crippen molar-refractivity contribution in [2.75, 3.05) is 18.5 Å². The highest BCUT2D eigenvalue weighted by Crippen LogP contribution is 2.36. The molecule has 108 valence electrons. The van der Waals surface area contributed by atoms with E-state index < -0.39 is 0 Å². The van der Waals surface area contributed by atoms with Crippen molar-refractivity contribution in [3.63, 3.8) is 0 Å². The van der Waals surface area contributed by atoms with Gasteiger partial charge in [0.15, 0.2) is 5.13 Å². The monoisotopic (exact) mass is 281 g/mol. The molecule has 0 atom stereocenters. The van der Waals surface area contributed by atoms with Crippen LogP contribution in [-0.4, -0.2) is 24.6 Å². The van der Waals surface area contributed by atoms with Crippen molar-refractivity contribution in [1.29, 1.82) is 0 Å². The average Bonchev–Trinajstić information content (AvgIpc) is 3.11. The fraction of sp³-hybridized carbons (Fsp3) is 0.800. The molecule has 19 heavy (non-hydrogen) atoms. The van der Waals surface area contributed by atoms with Crippen molar-refractivity contribution < 1.29 is 0 Å². The number of aromatic nitrogens is 1. The lowest BCUT2D eigenvalue weighted by Crippen LogP contribution is -2.29. The predicted octanol–water partition coefficient (Wildman–Crippen LogP) is 3.44. The maximum Gasteiger partial charge on any atom is 0.186 e. The van der Waals surface area contributed by atoms with Crippen molar-refractivity contribution >= 4 is 16.5 Å². The normalized spacial score (nSPS) is 15.2. The third-order valence-corrected chi connectivity index (χ3v) is 4.52. The highest BCUT2D eigenvalue weighted by molar-refractivity contribution is 7.15. The van der Waals surface area contributed by atoms with Gasteiger partial charge in [-0.05, 0) is 32.2 Å². The van der Waals surface area contributed by atoms with Crippen molar-refractivity contribution in [3.8, 4) is 0 Å². The SMILES string of the molecule is CCCc1nc(N(CC(C)C)C2CC2)sc1CNC. The lowest BCUT2D eigenvalue weighted by Gasteiger charge is -2.23. The minimum atomic E-state index is 0.701. The Morgan fingerprint density at radius 2 is 2.16 bits per heavy atom. The Bertz CT molecular complexity index is 373. The zero-order valence-corrected chi connectivity index (χ0v) is 13.5. The molecule has 1 aliphatic rings. The van der Waals surface area contributed by atoms with E-state index in [-0.39, 0.29) is 0 Å². The summed E-state index contributed by atoms with van der Waals surface area (Å²) in [4.78, 5) is 8.91. The maximum atomic E-state index is 4.94. The van der Waals surface area contributed by atoms with Crippen LogP contribution in [0, 0.1) is 5.92 Å². The van der Waals surface area contributed by atoms with Gasteiger partial charge in [0, 0.05) is 24.0 Å². The first kappa shape index (κ1) is 14.8. The van der Waals surface area contributed by atoms with Gasteiger partial charge >= 0.3 is 0 Å². The van der Waals surface area contributed by atoms with Gasteiger partial charge < -0.3 is 10.2 Å². The standard InChI is InChI=1S/C15H27N3S/c1-5-6-13-14(9-16-4)19-15(17-13)18(10-11(2)3)12-7-8-12/h11-12,16H,5-10H2,1-4H3. The van der Waals surface area contributed by atoms with Gasteiger partial charge in [-0.3, -0.25) is 0 Å². The Hall–Kier alpha value is -0.610. The molecule has 1 N–H and O–H groups in total. The van der Waals surface area contributed by atoms with E-state index in [9.17, 15) is 0 Å². The van der Waals surface area contributed by atoms with Crippen LogP contribution in [0.1, 0.15) is 50.6 Å². The van der Waals surface area contributed by atoms with Crippen LogP contribution in [-0.2, 0) is 13.0 Å². The number of hydrogen-bond acceptors (Lipinski definition) is 4. The summed E-state index contributed by atoms with van der Waals surface area (Å²) in [5.74, 6) is 0.701. The number of rotatable bonds is 8. The van der Waals surface area contributed by atoms with Crippen molar-refractivity contribution in [3.05, 3.63) is 10.6 Å². The predicted molar refractivity (Wildman–Crippen MR) is 84.1 cm³/mol. The van der Waals surface area contributed by atoms with Crippen LogP contribution in [0.3, 0.4) is 0 Å². The molecule has 0 unspecified atom stereocenters. The Balaban J connectivity index is 2.18. The highest BCUT2D eigenvalue weighted by atomic mass is 32.1. The van der Waals surface area contributed by atoms with Crippen LogP contribution >= 0.6 is 11.3 Å². The molecule has 0 spiro atoms. The molecular weight excluding hydrogens is 254 g/mol. The fourth-order valence-electron chi connectivity index (χ4n) is 2.39. The number of nitrogens with one attached hydrogen (secondary N) is 1. The van der Waals surface area contributed by atoms with E-state index in [2.05, 4.69) is 31.0 Å². The molecule has 0 saturated heterocycles. The molecule has 1 saturated carbocycles. The maximum absolute atomic E-state index is 4.94. The second-order valence-electron chi connectivity index (χ2n) is 5.92. The van der Waals surface area contributed by atoms with E-state index >= 15 is 0 Å². The second kappa shape index (κ2) is 6.71. The number of aryl methyl sites for hydroxylation is 1. The molecule has 1 aromatic rings. The van der Waals surface area contributed by atoms with Gasteiger partial charge in [0.25, 0.3) is 0 Å². The fourth-order valence-corrected chi connectivity index (χ4v) is 3.59. The summed E-state index contributed by atoms with van der Waals surface area (Å²) in [6.45, 7) is 8.92. The van der Waals surface area contributed by atoms with Crippen LogP contribution in [0.25, 0.3) is 0 Å². The van der Waals surface area contributed by atoms with E-state index in [1.807, 2.05) is 18.4 Å². The third-order valence-electron chi connectivity index (χ3n) is 3.39. The average molecular weight is 281 g/mol. The Labute approximate surface area is 121 Å². The molecule has 0 aliphatic heterocycles. The molecule has 4 heteroatoms. The van der Waals surface area contributed by atoms with Crippen LogP contribution in [0.15, 0.2) is 0 Å². The zero-order chi connectivity index (χ0) is 13.8. The number of anilines is 1. The van der Waals surface area contributed by atoms with Gasteiger partial charge in [-0.2, -0.15) is 0 Å². The van der Waals surface area contributed by atoms with E-state index in [0.717, 1.165) is 25.6 Å². The number of thiazole rings is 1. The Morgan fingerprint density at radius 3 is 2.68 bits per heavy atom. The van der Waals surface area contributed by atoms with E-state index in [1.165, 1.54) is 35.0 Å². The van der Waals surface area contributed by atoms with Gasteiger partial charge in [-0.25, -0.2) is 4.98 Å². The first-order valence-electron chi connectivity index (χ1n) is 7.55. The summed E-state index contributed by atoms with van der Waals surface area (Å²) >= 11 is 1.89. The molecule has 0 radical (unpaired) electrons. The summed E-state index contributed by atoms with van der Waals surface area (Å²) in [5, 5.41) is 4.53. The van der Waals surface area contributed by atoms with Gasteiger partial charge in [0.2, 0.25) is 0 Å². The molecule has 1 fully saturated rings. The molecule has 1 heterocycles. The van der Waals surface area contributed by atoms with E-state index in [4.69, 9.17) is 4.98 Å². The van der Waals surface area contributed by atoms with Crippen LogP contribution in [0.4, 0.5) is 5.13 Å². The van der Waals surface area contributed by atoms with Crippen molar-refractivity contribution in [2.45, 2.75) is 59.0 Å². The zero-order valence-electron chi connectivity index (χ0n) is 12.7. The van der Waals surface area contributed by atoms with E-state index in [0.29, 0.717) is 5.92 Å². The minimum Gasteiger partial charge on any atom is -0.345 e. The smallest absolute Gasteiger partial charge is 0.186 e. The third kappa shape index (κ3) is 3.93. The molecule has 0 bridgehead atoms. The van der Waals surface area contributed by atoms with Crippen LogP contribution < -0.4 is 10.2 Å². The van der Waals surface area contributed by atoms with Crippen molar-refractivity contribution in [2.24, 2.45) is 5.92 Å². The first-order valence-corrected chi connectivity index (χ1v) is 8.37. The minimum absolute atomic E-state index is 0.701. The van der Waals surface area contributed by atoms with Gasteiger partial charge in [-0.15, -0.1) is 11.3 Å². The summed E-state index contributed by atoms with van der Waals surface area (Å²) in [6.07, 6.45) is 4.97. The van der Waals surface area contributed by atoms with Gasteiger partial charge in [0.1, 0.15) is 0 Å². The Kier molecular flexibility index (Phi) is 5.22. The number of nitrogens with zero attached hydrogens (tertiary/aromatic N) is 2. The summed E-state index contributed by atoms with van der Waals surface area (Å²) in [6, 6.07) is 0.755. The van der Waals surface area contributed by atoms with Gasteiger partial charge in [0.05, 0.1) is 5.69 Å². The summed E-state index contributed by atoms with van der Waals surface area (Å²) in [7, 11) is 2.02. The van der Waals surface area contributed by atoms with Crippen molar-refractivity contribution in [1.82, 2.24) is 10.3 Å². The lowest BCUT2D eigenvalue weighted by molar-refractivity contribution is 0.605. The quantitative estimate of drug-likeness (QED) is 0.791. The molecule has 0 aromatic carbocycles. The molecule has 3 nitrogen and oxygen atoms in total. The number of hydrogen-bond donors (Lipinski definition) is 1. The molecule has 1 aromatic heterocycles.